The number of ether oxygens (including phenoxy) is 1. The van der Waals surface area contributed by atoms with Gasteiger partial charge in [0.15, 0.2) is 0 Å². The van der Waals surface area contributed by atoms with E-state index in [9.17, 15) is 0 Å². The van der Waals surface area contributed by atoms with Crippen LogP contribution < -0.4 is 0 Å². The zero-order valence-corrected chi connectivity index (χ0v) is 8.64. The third-order valence-electron chi connectivity index (χ3n) is 1.28. The van der Waals surface area contributed by atoms with Crippen molar-refractivity contribution in [1.82, 2.24) is 0 Å². The molecular formula is C4H12O2Si2. The highest BCUT2D eigenvalue weighted by atomic mass is 28.3. The maximum absolute atomic E-state index is 5.14. The predicted molar refractivity (Wildman–Crippen MR) is 38.7 cm³/mol. The van der Waals surface area contributed by atoms with Crippen LogP contribution in [0, 0.1) is 0 Å². The van der Waals surface area contributed by atoms with E-state index in [0.29, 0.717) is 6.10 Å². The molecule has 0 N–H and O–H groups in total. The van der Waals surface area contributed by atoms with E-state index in [1.165, 1.54) is 12.5 Å². The monoisotopic (exact) mass is 148 g/mol. The fraction of sp³-hybridized carbons (Fsp3) is 1.00. The van der Waals surface area contributed by atoms with E-state index >= 15 is 0 Å². The fourth-order valence-corrected chi connectivity index (χ4v) is 2.47. The molecule has 0 saturated carbocycles. The Hall–Kier alpha value is 0.354. The summed E-state index contributed by atoms with van der Waals surface area (Å²) in [6, 6.07) is 1.31. The summed E-state index contributed by atoms with van der Waals surface area (Å²) < 4.78 is 10.2. The first-order valence-corrected chi connectivity index (χ1v) is 5.43. The molecule has 0 bridgehead atoms. The smallest absolute Gasteiger partial charge is 0.145 e. The van der Waals surface area contributed by atoms with Gasteiger partial charge in [-0.05, 0) is 12.5 Å². The van der Waals surface area contributed by atoms with E-state index in [2.05, 4.69) is 0 Å². The van der Waals surface area contributed by atoms with Crippen molar-refractivity contribution >= 4 is 20.2 Å². The lowest BCUT2D eigenvalue weighted by molar-refractivity contribution is 0.402. The van der Waals surface area contributed by atoms with Gasteiger partial charge in [-0.1, -0.05) is 0 Å². The molecule has 8 heavy (non-hydrogen) atoms. The second kappa shape index (κ2) is 3.39. The summed E-state index contributed by atoms with van der Waals surface area (Å²) in [4.78, 5) is 0. The molecule has 1 aliphatic rings. The molecule has 1 aliphatic heterocycles. The molecule has 0 radical (unpaired) electrons. The van der Waals surface area contributed by atoms with Crippen molar-refractivity contribution in [3.8, 4) is 0 Å². The van der Waals surface area contributed by atoms with Crippen molar-refractivity contribution in [1.29, 1.82) is 0 Å². The zero-order valence-electron chi connectivity index (χ0n) is 5.22. The van der Waals surface area contributed by atoms with Crippen molar-refractivity contribution in [3.05, 3.63) is 0 Å². The molecule has 0 aliphatic carbocycles. The average Bonchev–Trinajstić information content (AvgIpc) is 2.51. The molecule has 0 aromatic heterocycles. The third-order valence-corrected chi connectivity index (χ3v) is 3.61. The molecule has 48 valence electrons. The maximum Gasteiger partial charge on any atom is 0.145 e. The van der Waals surface area contributed by atoms with Crippen molar-refractivity contribution in [2.45, 2.75) is 18.6 Å². The molecular weight excluding hydrogens is 136 g/mol. The maximum atomic E-state index is 5.14. The Morgan fingerprint density at radius 2 is 2.62 bits per heavy atom. The van der Waals surface area contributed by atoms with Crippen molar-refractivity contribution < 1.29 is 8.85 Å². The van der Waals surface area contributed by atoms with E-state index in [0.717, 1.165) is 17.1 Å². The van der Waals surface area contributed by atoms with Crippen molar-refractivity contribution in [2.75, 3.05) is 6.61 Å². The highest BCUT2D eigenvalue weighted by Crippen LogP contribution is 2.14. The standard InChI is InChI=1S/C4H12O2Si2/c7-6-8-2-1-4-3-5-4/h4H,1-3,8H2,7H3. The highest BCUT2D eigenvalue weighted by Gasteiger charge is 2.20. The minimum absolute atomic E-state index is 0.0994. The van der Waals surface area contributed by atoms with Crippen LogP contribution in [-0.2, 0) is 8.85 Å². The molecule has 1 heterocycles. The molecule has 1 fully saturated rings. The number of hydrogen-bond acceptors (Lipinski definition) is 2. The number of hydrogen-bond donors (Lipinski definition) is 0. The first kappa shape index (κ1) is 6.47. The molecule has 0 aromatic rings. The Morgan fingerprint density at radius 3 is 3.12 bits per heavy atom. The van der Waals surface area contributed by atoms with Crippen LogP contribution >= 0.6 is 0 Å². The van der Waals surface area contributed by atoms with Gasteiger partial charge in [0.05, 0.1) is 12.7 Å². The second-order valence-corrected chi connectivity index (χ2v) is 5.52. The summed E-state index contributed by atoms with van der Waals surface area (Å²) >= 11 is 0. The Labute approximate surface area is 55.0 Å². The second-order valence-electron chi connectivity index (χ2n) is 2.09. The molecule has 0 aromatic carbocycles. The minimum Gasteiger partial charge on any atom is -0.468 e. The topological polar surface area (TPSA) is 21.8 Å². The summed E-state index contributed by atoms with van der Waals surface area (Å²) in [5.41, 5.74) is 0. The van der Waals surface area contributed by atoms with E-state index in [-0.39, 0.29) is 9.76 Å². The van der Waals surface area contributed by atoms with Gasteiger partial charge in [-0.3, -0.25) is 0 Å². The van der Waals surface area contributed by atoms with Gasteiger partial charge in [0.1, 0.15) is 20.2 Å². The Balaban J connectivity index is 1.74. The van der Waals surface area contributed by atoms with E-state index in [1.807, 2.05) is 0 Å². The summed E-state index contributed by atoms with van der Waals surface area (Å²) in [6.07, 6.45) is 1.88. The van der Waals surface area contributed by atoms with Crippen LogP contribution in [0.25, 0.3) is 0 Å². The predicted octanol–water partition coefficient (Wildman–Crippen LogP) is -1.43. The normalized spacial score (nSPS) is 27.8. The average molecular weight is 148 g/mol. The van der Waals surface area contributed by atoms with Crippen LogP contribution in [0.2, 0.25) is 6.04 Å². The van der Waals surface area contributed by atoms with Crippen molar-refractivity contribution in [3.63, 3.8) is 0 Å². The van der Waals surface area contributed by atoms with Gasteiger partial charge >= 0.3 is 0 Å². The van der Waals surface area contributed by atoms with E-state index in [1.54, 1.807) is 0 Å². The van der Waals surface area contributed by atoms with Gasteiger partial charge < -0.3 is 8.85 Å². The Bertz CT molecular complexity index is 65.1. The van der Waals surface area contributed by atoms with Crippen molar-refractivity contribution in [2.24, 2.45) is 0 Å². The Kier molecular flexibility index (Phi) is 2.75. The van der Waals surface area contributed by atoms with Gasteiger partial charge in [-0.25, -0.2) is 0 Å². The molecule has 4 heteroatoms. The molecule has 1 atom stereocenters. The number of rotatable bonds is 4. The third kappa shape index (κ3) is 2.61. The molecule has 1 saturated heterocycles. The number of epoxide rings is 1. The highest BCUT2D eigenvalue weighted by molar-refractivity contribution is 6.34. The Morgan fingerprint density at radius 1 is 1.88 bits per heavy atom. The molecule has 2 nitrogen and oxygen atoms in total. The van der Waals surface area contributed by atoms with Crippen LogP contribution in [0.5, 0.6) is 0 Å². The molecule has 0 spiro atoms. The van der Waals surface area contributed by atoms with E-state index in [4.69, 9.17) is 8.85 Å². The van der Waals surface area contributed by atoms with Gasteiger partial charge in [-0.15, -0.1) is 0 Å². The SMILES string of the molecule is [SiH3]O[SiH2]CCC1CO1. The first-order chi connectivity index (χ1) is 3.93. The van der Waals surface area contributed by atoms with Gasteiger partial charge in [0, 0.05) is 0 Å². The molecule has 1 unspecified atom stereocenters. The van der Waals surface area contributed by atoms with Crippen LogP contribution in [0.1, 0.15) is 6.42 Å². The summed E-state index contributed by atoms with van der Waals surface area (Å²) in [5.74, 6) is 0. The fourth-order valence-electron chi connectivity index (χ4n) is 0.690. The largest absolute Gasteiger partial charge is 0.468 e. The molecule has 1 rings (SSSR count). The van der Waals surface area contributed by atoms with Crippen LogP contribution in [0.3, 0.4) is 0 Å². The van der Waals surface area contributed by atoms with Crippen LogP contribution in [0.4, 0.5) is 0 Å². The molecule has 0 amide bonds. The summed E-state index contributed by atoms with van der Waals surface area (Å²) in [5, 5.41) is 0. The van der Waals surface area contributed by atoms with Crippen LogP contribution in [0.15, 0.2) is 0 Å². The lowest BCUT2D eigenvalue weighted by atomic mass is 10.4. The van der Waals surface area contributed by atoms with Gasteiger partial charge in [-0.2, -0.15) is 0 Å². The van der Waals surface area contributed by atoms with Gasteiger partial charge in [0.2, 0.25) is 0 Å². The minimum atomic E-state index is -0.0994. The van der Waals surface area contributed by atoms with E-state index < -0.39 is 0 Å². The zero-order chi connectivity index (χ0) is 5.82. The lowest BCUT2D eigenvalue weighted by Gasteiger charge is -1.92. The van der Waals surface area contributed by atoms with Gasteiger partial charge in [0.25, 0.3) is 0 Å². The first-order valence-electron chi connectivity index (χ1n) is 3.04. The lowest BCUT2D eigenvalue weighted by Crippen LogP contribution is -1.95. The quantitative estimate of drug-likeness (QED) is 0.277. The summed E-state index contributed by atoms with van der Waals surface area (Å²) in [6.45, 7) is 1.01. The summed E-state index contributed by atoms with van der Waals surface area (Å²) in [7, 11) is 0.841. The van der Waals surface area contributed by atoms with Crippen LogP contribution in [-0.4, -0.2) is 33.0 Å².